The third-order valence-corrected chi connectivity index (χ3v) is 3.38. The Labute approximate surface area is 110 Å². The molecule has 0 saturated carbocycles. The van der Waals surface area contributed by atoms with Crippen LogP contribution in [0.25, 0.3) is 0 Å². The molecular formula is C13H18F3N3. The normalized spacial score (nSPS) is 22.0. The lowest BCUT2D eigenvalue weighted by molar-refractivity contribution is -0.141. The first-order chi connectivity index (χ1) is 8.95. The summed E-state index contributed by atoms with van der Waals surface area (Å²) in [5.74, 6) is 0. The molecule has 0 spiro atoms. The Morgan fingerprint density at radius 1 is 1.26 bits per heavy atom. The molecule has 1 aliphatic heterocycles. The lowest BCUT2D eigenvalue weighted by atomic mass is 10.1. The monoisotopic (exact) mass is 273 g/mol. The minimum absolute atomic E-state index is 0.309. The van der Waals surface area contributed by atoms with Gasteiger partial charge >= 0.3 is 6.18 Å². The fraction of sp³-hybridized carbons (Fsp3) is 0.615. The van der Waals surface area contributed by atoms with Crippen molar-refractivity contribution in [1.29, 1.82) is 0 Å². The second kappa shape index (κ2) is 5.77. The summed E-state index contributed by atoms with van der Waals surface area (Å²) in [6.45, 7) is 2.08. The maximum atomic E-state index is 12.4. The van der Waals surface area contributed by atoms with E-state index in [2.05, 4.69) is 22.2 Å². The van der Waals surface area contributed by atoms with Gasteiger partial charge in [-0.25, -0.2) is 4.98 Å². The average Bonchev–Trinajstić information content (AvgIpc) is 2.54. The first-order valence-corrected chi connectivity index (χ1v) is 6.43. The minimum Gasteiger partial charge on any atom is -0.381 e. The number of halogens is 3. The van der Waals surface area contributed by atoms with Crippen molar-refractivity contribution in [3.8, 4) is 0 Å². The molecule has 2 heterocycles. The van der Waals surface area contributed by atoms with Gasteiger partial charge in [0.15, 0.2) is 0 Å². The molecule has 1 aliphatic rings. The zero-order chi connectivity index (χ0) is 13.9. The van der Waals surface area contributed by atoms with Crippen molar-refractivity contribution in [2.45, 2.75) is 31.5 Å². The third-order valence-electron chi connectivity index (χ3n) is 3.38. The number of anilines is 1. The molecule has 1 N–H and O–H groups in total. The van der Waals surface area contributed by atoms with Crippen LogP contribution in [-0.4, -0.2) is 36.1 Å². The van der Waals surface area contributed by atoms with Crippen LogP contribution in [0.2, 0.25) is 0 Å². The van der Waals surface area contributed by atoms with Gasteiger partial charge in [0.1, 0.15) is 5.69 Å². The van der Waals surface area contributed by atoms with Crippen LogP contribution < -0.4 is 5.32 Å². The van der Waals surface area contributed by atoms with Gasteiger partial charge in [-0.3, -0.25) is 0 Å². The van der Waals surface area contributed by atoms with E-state index in [1.807, 2.05) is 0 Å². The van der Waals surface area contributed by atoms with Crippen LogP contribution >= 0.6 is 0 Å². The summed E-state index contributed by atoms with van der Waals surface area (Å²) in [7, 11) is 2.09. The molecule has 0 radical (unpaired) electrons. The molecule has 0 amide bonds. The Hall–Kier alpha value is -1.30. The van der Waals surface area contributed by atoms with E-state index < -0.39 is 11.9 Å². The number of aromatic nitrogens is 1. The Morgan fingerprint density at radius 3 is 2.68 bits per heavy atom. The Kier molecular flexibility index (Phi) is 4.29. The fourth-order valence-electron chi connectivity index (χ4n) is 2.27. The maximum absolute atomic E-state index is 12.4. The van der Waals surface area contributed by atoms with Gasteiger partial charge in [-0.05, 0) is 51.5 Å². The summed E-state index contributed by atoms with van der Waals surface area (Å²) in [5.41, 5.74) is -0.193. The van der Waals surface area contributed by atoms with Crippen molar-refractivity contribution in [3.05, 3.63) is 24.0 Å². The standard InChI is InChI=1S/C13H18F3N3/c1-19-7-2-3-10(6-8-19)18-11-4-5-12(17-9-11)13(14,15)16/h4-5,9-10,18H,2-3,6-8H2,1H3. The van der Waals surface area contributed by atoms with Crippen molar-refractivity contribution in [2.24, 2.45) is 0 Å². The highest BCUT2D eigenvalue weighted by atomic mass is 19.4. The molecule has 1 saturated heterocycles. The summed E-state index contributed by atoms with van der Waals surface area (Å²) in [5, 5.41) is 3.26. The zero-order valence-electron chi connectivity index (χ0n) is 10.9. The average molecular weight is 273 g/mol. The number of likely N-dealkylation sites (tertiary alicyclic amines) is 1. The Bertz CT molecular complexity index is 403. The third kappa shape index (κ3) is 4.09. The van der Waals surface area contributed by atoms with Crippen LogP contribution in [0.5, 0.6) is 0 Å². The molecule has 19 heavy (non-hydrogen) atoms. The van der Waals surface area contributed by atoms with E-state index in [1.54, 1.807) is 0 Å². The number of pyridine rings is 1. The predicted octanol–water partition coefficient (Wildman–Crippen LogP) is 3.00. The van der Waals surface area contributed by atoms with Crippen LogP contribution in [0.15, 0.2) is 18.3 Å². The molecule has 1 aromatic rings. The molecule has 1 unspecified atom stereocenters. The molecule has 2 rings (SSSR count). The summed E-state index contributed by atoms with van der Waals surface area (Å²) in [4.78, 5) is 5.73. The van der Waals surface area contributed by atoms with Gasteiger partial charge in [0.05, 0.1) is 11.9 Å². The van der Waals surface area contributed by atoms with E-state index in [0.29, 0.717) is 11.7 Å². The second-order valence-corrected chi connectivity index (χ2v) is 5.01. The SMILES string of the molecule is CN1CCCC(Nc2ccc(C(F)(F)F)nc2)CC1. The minimum atomic E-state index is -4.37. The van der Waals surface area contributed by atoms with E-state index in [9.17, 15) is 13.2 Å². The van der Waals surface area contributed by atoms with Gasteiger partial charge in [-0.2, -0.15) is 13.2 Å². The lowest BCUT2D eigenvalue weighted by Crippen LogP contribution is -2.23. The fourth-order valence-corrected chi connectivity index (χ4v) is 2.27. The Morgan fingerprint density at radius 2 is 2.05 bits per heavy atom. The highest BCUT2D eigenvalue weighted by Crippen LogP contribution is 2.28. The van der Waals surface area contributed by atoms with Crippen molar-refractivity contribution in [1.82, 2.24) is 9.88 Å². The molecule has 0 aliphatic carbocycles. The van der Waals surface area contributed by atoms with Crippen LogP contribution in [0.3, 0.4) is 0 Å². The molecular weight excluding hydrogens is 255 g/mol. The highest BCUT2D eigenvalue weighted by Gasteiger charge is 2.32. The van der Waals surface area contributed by atoms with Crippen LogP contribution in [0.4, 0.5) is 18.9 Å². The molecule has 0 bridgehead atoms. The van der Waals surface area contributed by atoms with Crippen LogP contribution in [0.1, 0.15) is 25.0 Å². The van der Waals surface area contributed by atoms with E-state index >= 15 is 0 Å². The van der Waals surface area contributed by atoms with Gasteiger partial charge in [0.2, 0.25) is 0 Å². The summed E-state index contributed by atoms with van der Waals surface area (Å²) < 4.78 is 37.2. The largest absolute Gasteiger partial charge is 0.433 e. The number of nitrogens with zero attached hydrogens (tertiary/aromatic N) is 2. The van der Waals surface area contributed by atoms with Gasteiger partial charge in [-0.15, -0.1) is 0 Å². The van der Waals surface area contributed by atoms with Gasteiger partial charge in [-0.1, -0.05) is 0 Å². The molecule has 3 nitrogen and oxygen atoms in total. The number of nitrogens with one attached hydrogen (secondary N) is 1. The zero-order valence-corrected chi connectivity index (χ0v) is 10.9. The topological polar surface area (TPSA) is 28.2 Å². The number of alkyl halides is 3. The molecule has 106 valence electrons. The lowest BCUT2D eigenvalue weighted by Gasteiger charge is -2.18. The van der Waals surface area contributed by atoms with Gasteiger partial charge in [0.25, 0.3) is 0 Å². The first kappa shape index (κ1) is 14.1. The number of hydrogen-bond donors (Lipinski definition) is 1. The van der Waals surface area contributed by atoms with E-state index in [-0.39, 0.29) is 0 Å². The predicted molar refractivity (Wildman–Crippen MR) is 68.0 cm³/mol. The van der Waals surface area contributed by atoms with E-state index in [1.165, 1.54) is 12.3 Å². The highest BCUT2D eigenvalue weighted by molar-refractivity contribution is 5.42. The van der Waals surface area contributed by atoms with Crippen LogP contribution in [-0.2, 0) is 6.18 Å². The van der Waals surface area contributed by atoms with E-state index in [4.69, 9.17) is 0 Å². The summed E-state index contributed by atoms with van der Waals surface area (Å²) in [6, 6.07) is 2.78. The molecule has 1 fully saturated rings. The maximum Gasteiger partial charge on any atom is 0.433 e. The number of hydrogen-bond acceptors (Lipinski definition) is 3. The van der Waals surface area contributed by atoms with Crippen molar-refractivity contribution in [2.75, 3.05) is 25.5 Å². The first-order valence-electron chi connectivity index (χ1n) is 6.43. The van der Waals surface area contributed by atoms with Crippen molar-refractivity contribution < 1.29 is 13.2 Å². The molecule has 1 atom stereocenters. The summed E-state index contributed by atoms with van der Waals surface area (Å²) >= 11 is 0. The van der Waals surface area contributed by atoms with Crippen molar-refractivity contribution >= 4 is 5.69 Å². The molecule has 6 heteroatoms. The van der Waals surface area contributed by atoms with E-state index in [0.717, 1.165) is 38.4 Å². The van der Waals surface area contributed by atoms with Gasteiger partial charge < -0.3 is 10.2 Å². The second-order valence-electron chi connectivity index (χ2n) is 5.01. The van der Waals surface area contributed by atoms with Crippen LogP contribution in [0, 0.1) is 0 Å². The molecule has 0 aromatic carbocycles. The smallest absolute Gasteiger partial charge is 0.381 e. The van der Waals surface area contributed by atoms with Gasteiger partial charge in [0, 0.05) is 6.04 Å². The quantitative estimate of drug-likeness (QED) is 0.898. The Balaban J connectivity index is 1.96. The summed E-state index contributed by atoms with van der Waals surface area (Å²) in [6.07, 6.45) is 0.0199. The van der Waals surface area contributed by atoms with Crippen molar-refractivity contribution in [3.63, 3.8) is 0 Å². The molecule has 1 aromatic heterocycles. The number of rotatable bonds is 2.